The minimum absolute atomic E-state index is 0.0702. The van der Waals surface area contributed by atoms with E-state index >= 15 is 0 Å². The van der Waals surface area contributed by atoms with Crippen LogP contribution in [0.4, 0.5) is 17.1 Å². The first-order chi connectivity index (χ1) is 9.56. The molecule has 0 saturated carbocycles. The zero-order valence-electron chi connectivity index (χ0n) is 13.8. The van der Waals surface area contributed by atoms with Crippen LogP contribution in [0.15, 0.2) is 12.1 Å². The van der Waals surface area contributed by atoms with E-state index in [0.29, 0.717) is 6.42 Å². The van der Waals surface area contributed by atoms with Crippen LogP contribution in [0.2, 0.25) is 0 Å². The van der Waals surface area contributed by atoms with Crippen LogP contribution in [-0.2, 0) is 11.2 Å². The molecule has 0 fully saturated rings. The molecule has 0 unspecified atom stereocenters. The zero-order chi connectivity index (χ0) is 15.8. The van der Waals surface area contributed by atoms with Crippen molar-refractivity contribution in [2.24, 2.45) is 5.41 Å². The lowest BCUT2D eigenvalue weighted by Crippen LogP contribution is -2.35. The molecular weight excluding hydrogens is 262 g/mol. The van der Waals surface area contributed by atoms with Crippen LogP contribution in [0.1, 0.15) is 53.0 Å². The van der Waals surface area contributed by atoms with Gasteiger partial charge in [0, 0.05) is 17.6 Å². The smallest absolute Gasteiger partial charge is 0.224 e. The van der Waals surface area contributed by atoms with E-state index in [1.165, 1.54) is 0 Å². The van der Waals surface area contributed by atoms with Crippen LogP contribution < -0.4 is 16.4 Å². The number of rotatable bonds is 3. The molecular formula is C17H27N3O. The Morgan fingerprint density at radius 2 is 1.86 bits per heavy atom. The lowest BCUT2D eigenvalue weighted by Gasteiger charge is -2.35. The van der Waals surface area contributed by atoms with Gasteiger partial charge in [0.05, 0.1) is 11.4 Å². The average molecular weight is 289 g/mol. The molecule has 1 amide bonds. The molecule has 0 aromatic heterocycles. The van der Waals surface area contributed by atoms with Gasteiger partial charge in [-0.3, -0.25) is 4.79 Å². The predicted molar refractivity (Wildman–Crippen MR) is 89.6 cm³/mol. The maximum absolute atomic E-state index is 11.5. The molecule has 1 aliphatic rings. The lowest BCUT2D eigenvalue weighted by atomic mass is 9.81. The standard InChI is InChI=1S/C17H27N3O/c1-16(2,3)10-17(4,5)20-14-9-13-11(8-12(14)18)6-7-15(21)19-13/h8-9,20H,6-7,10,18H2,1-5H3,(H,19,21). The normalized spacial score (nSPS) is 15.4. The van der Waals surface area contributed by atoms with Gasteiger partial charge in [0.15, 0.2) is 0 Å². The van der Waals surface area contributed by atoms with Gasteiger partial charge < -0.3 is 16.4 Å². The number of aryl methyl sites for hydroxylation is 1. The number of anilines is 3. The highest BCUT2D eigenvalue weighted by Gasteiger charge is 2.26. The number of hydrogen-bond donors (Lipinski definition) is 3. The summed E-state index contributed by atoms with van der Waals surface area (Å²) in [6, 6.07) is 3.94. The van der Waals surface area contributed by atoms with Gasteiger partial charge in [0.25, 0.3) is 0 Å². The SMILES string of the molecule is CC(C)(C)CC(C)(C)Nc1cc2c(cc1N)CCC(=O)N2. The summed E-state index contributed by atoms with van der Waals surface area (Å²) in [4.78, 5) is 11.5. The summed E-state index contributed by atoms with van der Waals surface area (Å²) in [5.74, 6) is 0.0761. The van der Waals surface area contributed by atoms with Gasteiger partial charge in [-0.1, -0.05) is 20.8 Å². The number of carbonyl (C=O) groups is 1. The highest BCUT2D eigenvalue weighted by atomic mass is 16.1. The summed E-state index contributed by atoms with van der Waals surface area (Å²) in [7, 11) is 0. The van der Waals surface area contributed by atoms with Crippen molar-refractivity contribution >= 4 is 23.0 Å². The van der Waals surface area contributed by atoms with Gasteiger partial charge in [-0.2, -0.15) is 0 Å². The monoisotopic (exact) mass is 289 g/mol. The Labute approximate surface area is 127 Å². The summed E-state index contributed by atoms with van der Waals surface area (Å²) < 4.78 is 0. The second-order valence-corrected chi connectivity index (χ2v) is 7.89. The van der Waals surface area contributed by atoms with Crippen molar-refractivity contribution < 1.29 is 4.79 Å². The molecule has 0 saturated heterocycles. The fraction of sp³-hybridized carbons (Fsp3) is 0.588. The molecule has 1 heterocycles. The summed E-state index contributed by atoms with van der Waals surface area (Å²) in [5.41, 5.74) is 9.97. The number of carbonyl (C=O) groups excluding carboxylic acids is 1. The molecule has 0 bridgehead atoms. The zero-order valence-corrected chi connectivity index (χ0v) is 13.8. The van der Waals surface area contributed by atoms with E-state index in [1.807, 2.05) is 12.1 Å². The van der Waals surface area contributed by atoms with Crippen molar-refractivity contribution in [2.45, 2.75) is 59.4 Å². The number of nitrogens with two attached hydrogens (primary N) is 1. The van der Waals surface area contributed by atoms with Crippen LogP contribution >= 0.6 is 0 Å². The van der Waals surface area contributed by atoms with Gasteiger partial charge >= 0.3 is 0 Å². The highest BCUT2D eigenvalue weighted by Crippen LogP contribution is 2.35. The van der Waals surface area contributed by atoms with E-state index in [-0.39, 0.29) is 16.9 Å². The molecule has 0 spiro atoms. The molecule has 0 radical (unpaired) electrons. The van der Waals surface area contributed by atoms with Crippen molar-refractivity contribution in [3.63, 3.8) is 0 Å². The fourth-order valence-corrected chi connectivity index (χ4v) is 3.29. The lowest BCUT2D eigenvalue weighted by molar-refractivity contribution is -0.116. The molecule has 4 heteroatoms. The van der Waals surface area contributed by atoms with Gasteiger partial charge in [-0.15, -0.1) is 0 Å². The Balaban J connectivity index is 2.24. The topological polar surface area (TPSA) is 67.1 Å². The van der Waals surface area contributed by atoms with E-state index in [4.69, 9.17) is 5.73 Å². The largest absolute Gasteiger partial charge is 0.397 e. The molecule has 116 valence electrons. The Morgan fingerprint density at radius 1 is 1.19 bits per heavy atom. The van der Waals surface area contributed by atoms with Gasteiger partial charge in [-0.25, -0.2) is 0 Å². The first-order valence-corrected chi connectivity index (χ1v) is 7.56. The van der Waals surface area contributed by atoms with Crippen LogP contribution in [0.5, 0.6) is 0 Å². The number of nitrogens with one attached hydrogen (secondary N) is 2. The minimum atomic E-state index is -0.0702. The maximum atomic E-state index is 11.5. The van der Waals surface area contributed by atoms with Gasteiger partial charge in [0.2, 0.25) is 5.91 Å². The molecule has 21 heavy (non-hydrogen) atoms. The average Bonchev–Trinajstić information content (AvgIpc) is 2.27. The van der Waals surface area contributed by atoms with Crippen LogP contribution in [0.25, 0.3) is 0 Å². The number of fused-ring (bicyclic) bond motifs is 1. The van der Waals surface area contributed by atoms with E-state index in [2.05, 4.69) is 45.3 Å². The Morgan fingerprint density at radius 3 is 2.48 bits per heavy atom. The van der Waals surface area contributed by atoms with Crippen molar-refractivity contribution in [3.8, 4) is 0 Å². The molecule has 2 rings (SSSR count). The van der Waals surface area contributed by atoms with Crippen LogP contribution in [-0.4, -0.2) is 11.4 Å². The van der Waals surface area contributed by atoms with E-state index in [0.717, 1.165) is 35.5 Å². The molecule has 1 aromatic rings. The van der Waals surface area contributed by atoms with Crippen molar-refractivity contribution in [3.05, 3.63) is 17.7 Å². The van der Waals surface area contributed by atoms with E-state index in [9.17, 15) is 4.79 Å². The number of nitrogen functional groups attached to an aromatic ring is 1. The summed E-state index contributed by atoms with van der Waals surface area (Å²) in [6.07, 6.45) is 2.31. The Hall–Kier alpha value is -1.71. The number of benzene rings is 1. The number of amides is 1. The second-order valence-electron chi connectivity index (χ2n) is 7.89. The summed E-state index contributed by atoms with van der Waals surface area (Å²) in [6.45, 7) is 11.0. The first kappa shape index (κ1) is 15.7. The predicted octanol–water partition coefficient (Wildman–Crippen LogP) is 3.78. The third kappa shape index (κ3) is 4.13. The summed E-state index contributed by atoms with van der Waals surface area (Å²) in [5, 5.41) is 6.46. The second kappa shape index (κ2) is 5.24. The molecule has 1 aliphatic heterocycles. The van der Waals surface area contributed by atoms with Crippen molar-refractivity contribution in [1.82, 2.24) is 0 Å². The van der Waals surface area contributed by atoms with Crippen LogP contribution in [0.3, 0.4) is 0 Å². The maximum Gasteiger partial charge on any atom is 0.224 e. The quantitative estimate of drug-likeness (QED) is 0.742. The molecule has 4 nitrogen and oxygen atoms in total. The Bertz CT molecular complexity index is 556. The van der Waals surface area contributed by atoms with Crippen LogP contribution in [0, 0.1) is 5.41 Å². The molecule has 0 atom stereocenters. The number of hydrogen-bond acceptors (Lipinski definition) is 3. The van der Waals surface area contributed by atoms with E-state index < -0.39 is 0 Å². The molecule has 0 aliphatic carbocycles. The fourth-order valence-electron chi connectivity index (χ4n) is 3.29. The molecule has 1 aromatic carbocycles. The Kier molecular flexibility index (Phi) is 3.91. The van der Waals surface area contributed by atoms with Gasteiger partial charge in [-0.05, 0) is 49.8 Å². The minimum Gasteiger partial charge on any atom is -0.397 e. The molecule has 4 N–H and O–H groups in total. The van der Waals surface area contributed by atoms with Crippen molar-refractivity contribution in [1.29, 1.82) is 0 Å². The summed E-state index contributed by atoms with van der Waals surface area (Å²) >= 11 is 0. The highest BCUT2D eigenvalue weighted by molar-refractivity contribution is 5.95. The van der Waals surface area contributed by atoms with Gasteiger partial charge in [0.1, 0.15) is 0 Å². The van der Waals surface area contributed by atoms with E-state index in [1.54, 1.807) is 0 Å². The van der Waals surface area contributed by atoms with Crippen molar-refractivity contribution in [2.75, 3.05) is 16.4 Å². The first-order valence-electron chi connectivity index (χ1n) is 7.56. The third-order valence-corrected chi connectivity index (χ3v) is 3.62. The third-order valence-electron chi connectivity index (χ3n) is 3.62.